The van der Waals surface area contributed by atoms with Crippen LogP contribution in [0.2, 0.25) is 0 Å². The Labute approximate surface area is 152 Å². The highest BCUT2D eigenvalue weighted by atomic mass is 32.2. The van der Waals surface area contributed by atoms with Crippen molar-refractivity contribution >= 4 is 15.7 Å². The van der Waals surface area contributed by atoms with Crippen molar-refractivity contribution in [2.75, 3.05) is 4.72 Å². The van der Waals surface area contributed by atoms with Crippen molar-refractivity contribution in [2.24, 2.45) is 0 Å². The molecule has 1 N–H and O–H groups in total. The number of sulfonamides is 1. The number of rotatable bonds is 3. The van der Waals surface area contributed by atoms with E-state index < -0.39 is 10.0 Å². The van der Waals surface area contributed by atoms with Gasteiger partial charge in [-0.2, -0.15) is 0 Å². The van der Waals surface area contributed by atoms with Gasteiger partial charge in [0.25, 0.3) is 10.0 Å². The summed E-state index contributed by atoms with van der Waals surface area (Å²) in [5.74, 6) is 0. The molecule has 0 aliphatic rings. The molecule has 0 unspecified atom stereocenters. The zero-order valence-electron chi connectivity index (χ0n) is 16.3. The van der Waals surface area contributed by atoms with Gasteiger partial charge in [-0.15, -0.1) is 0 Å². The van der Waals surface area contributed by atoms with Gasteiger partial charge in [-0.3, -0.25) is 4.72 Å². The van der Waals surface area contributed by atoms with Gasteiger partial charge >= 0.3 is 0 Å². The number of hydrogen-bond donors (Lipinski definition) is 1. The third-order valence-electron chi connectivity index (χ3n) is 4.35. The summed E-state index contributed by atoms with van der Waals surface area (Å²) < 4.78 is 28.4. The Morgan fingerprint density at radius 3 is 1.72 bits per heavy atom. The highest BCUT2D eigenvalue weighted by Crippen LogP contribution is 2.28. The molecule has 3 nitrogen and oxygen atoms in total. The first-order chi connectivity index (χ1) is 11.3. The van der Waals surface area contributed by atoms with E-state index in [2.05, 4.69) is 46.3 Å². The zero-order valence-corrected chi connectivity index (χ0v) is 17.1. The molecule has 2 aromatic carbocycles. The van der Waals surface area contributed by atoms with Crippen LogP contribution >= 0.6 is 0 Å². The van der Waals surface area contributed by atoms with Crippen molar-refractivity contribution in [3.8, 4) is 0 Å². The van der Waals surface area contributed by atoms with Gasteiger partial charge in [0.2, 0.25) is 0 Å². The Morgan fingerprint density at radius 1 is 0.760 bits per heavy atom. The first-order valence-electron chi connectivity index (χ1n) is 8.55. The first kappa shape index (κ1) is 19.5. The van der Waals surface area contributed by atoms with Crippen LogP contribution in [0.1, 0.15) is 58.2 Å². The molecular weight excluding hydrogens is 330 g/mol. The number of hydrogen-bond acceptors (Lipinski definition) is 2. The summed E-state index contributed by atoms with van der Waals surface area (Å²) in [5, 5.41) is 0. The number of aryl methyl sites for hydroxylation is 1. The van der Waals surface area contributed by atoms with Gasteiger partial charge in [0.15, 0.2) is 0 Å². The molecular formula is C21H29NO2S. The minimum atomic E-state index is -3.63. The normalized spacial score (nSPS) is 12.9. The monoisotopic (exact) mass is 359 g/mol. The van der Waals surface area contributed by atoms with E-state index in [1.165, 1.54) is 5.56 Å². The average molecular weight is 360 g/mol. The maximum atomic E-state index is 12.9. The topological polar surface area (TPSA) is 46.2 Å². The van der Waals surface area contributed by atoms with Crippen LogP contribution in [0.4, 0.5) is 5.69 Å². The average Bonchev–Trinajstić information content (AvgIpc) is 2.45. The quantitative estimate of drug-likeness (QED) is 0.798. The lowest BCUT2D eigenvalue weighted by atomic mass is 9.87. The molecule has 136 valence electrons. The molecule has 0 aromatic heterocycles. The van der Waals surface area contributed by atoms with Crippen LogP contribution < -0.4 is 4.72 Å². The van der Waals surface area contributed by atoms with Crippen LogP contribution in [-0.2, 0) is 20.9 Å². The summed E-state index contributed by atoms with van der Waals surface area (Å²) in [6, 6.07) is 13.2. The Bertz CT molecular complexity index is 852. The second kappa shape index (κ2) is 6.49. The van der Waals surface area contributed by atoms with E-state index in [1.54, 1.807) is 6.07 Å². The Hall–Kier alpha value is -1.81. The lowest BCUT2D eigenvalue weighted by molar-refractivity contribution is 0.584. The van der Waals surface area contributed by atoms with Gasteiger partial charge in [-0.05, 0) is 52.6 Å². The minimum absolute atomic E-state index is 0.0367. The predicted octanol–water partition coefficient (Wildman–Crippen LogP) is 5.39. The summed E-state index contributed by atoms with van der Waals surface area (Å²) in [6.45, 7) is 14.4. The molecule has 0 saturated carbocycles. The molecule has 0 saturated heterocycles. The van der Waals surface area contributed by atoms with E-state index in [0.29, 0.717) is 10.6 Å². The van der Waals surface area contributed by atoms with Crippen LogP contribution in [0, 0.1) is 6.92 Å². The van der Waals surface area contributed by atoms with Crippen LogP contribution in [0.15, 0.2) is 47.4 Å². The summed E-state index contributed by atoms with van der Waals surface area (Å²) in [4.78, 5) is 0.333. The van der Waals surface area contributed by atoms with Crippen molar-refractivity contribution < 1.29 is 8.42 Å². The van der Waals surface area contributed by atoms with E-state index in [0.717, 1.165) is 11.1 Å². The zero-order chi connectivity index (χ0) is 19.0. The molecule has 0 aliphatic carbocycles. The number of nitrogens with one attached hydrogen (secondary N) is 1. The van der Waals surface area contributed by atoms with Crippen LogP contribution in [-0.4, -0.2) is 8.42 Å². The van der Waals surface area contributed by atoms with Gasteiger partial charge in [-0.1, -0.05) is 65.8 Å². The number of anilines is 1. The summed E-state index contributed by atoms with van der Waals surface area (Å²) >= 11 is 0. The fourth-order valence-electron chi connectivity index (χ4n) is 2.60. The SMILES string of the molecule is Cc1ccc(C(C)(C)C)cc1S(=O)(=O)Nc1ccc(C(C)(C)C)cc1. The van der Waals surface area contributed by atoms with E-state index >= 15 is 0 Å². The molecule has 0 spiro atoms. The molecule has 0 atom stereocenters. The largest absolute Gasteiger partial charge is 0.280 e. The molecule has 0 bridgehead atoms. The van der Waals surface area contributed by atoms with Crippen LogP contribution in [0.5, 0.6) is 0 Å². The van der Waals surface area contributed by atoms with E-state index in [1.807, 2.05) is 43.3 Å². The fraction of sp³-hybridized carbons (Fsp3) is 0.429. The van der Waals surface area contributed by atoms with Crippen LogP contribution in [0.3, 0.4) is 0 Å². The summed E-state index contributed by atoms with van der Waals surface area (Å²) in [7, 11) is -3.63. The molecule has 0 fully saturated rings. The maximum absolute atomic E-state index is 12.9. The van der Waals surface area contributed by atoms with Crippen molar-refractivity contribution in [2.45, 2.75) is 64.2 Å². The minimum Gasteiger partial charge on any atom is -0.280 e. The van der Waals surface area contributed by atoms with Gasteiger partial charge < -0.3 is 0 Å². The van der Waals surface area contributed by atoms with Crippen LogP contribution in [0.25, 0.3) is 0 Å². The van der Waals surface area contributed by atoms with Crippen molar-refractivity contribution in [3.63, 3.8) is 0 Å². The molecule has 2 rings (SSSR count). The molecule has 0 heterocycles. The van der Waals surface area contributed by atoms with E-state index in [9.17, 15) is 8.42 Å². The smallest absolute Gasteiger partial charge is 0.262 e. The Morgan fingerprint density at radius 2 is 1.24 bits per heavy atom. The van der Waals surface area contributed by atoms with Crippen molar-refractivity contribution in [1.82, 2.24) is 0 Å². The molecule has 0 amide bonds. The molecule has 0 aliphatic heterocycles. The van der Waals surface area contributed by atoms with E-state index in [-0.39, 0.29) is 10.8 Å². The Balaban J connectivity index is 2.37. The first-order valence-corrected chi connectivity index (χ1v) is 10.0. The van der Waals surface area contributed by atoms with Gasteiger partial charge in [0, 0.05) is 5.69 Å². The van der Waals surface area contributed by atoms with Crippen molar-refractivity contribution in [3.05, 3.63) is 59.2 Å². The second-order valence-corrected chi connectivity index (χ2v) is 10.3. The predicted molar refractivity (Wildman–Crippen MR) is 106 cm³/mol. The second-order valence-electron chi connectivity index (χ2n) is 8.66. The van der Waals surface area contributed by atoms with Gasteiger partial charge in [-0.25, -0.2) is 8.42 Å². The highest BCUT2D eigenvalue weighted by molar-refractivity contribution is 7.92. The fourth-order valence-corrected chi connectivity index (χ4v) is 3.93. The van der Waals surface area contributed by atoms with Gasteiger partial charge in [0.1, 0.15) is 0 Å². The summed E-state index contributed by atoms with van der Waals surface area (Å²) in [5.41, 5.74) is 3.42. The maximum Gasteiger partial charge on any atom is 0.262 e. The lowest BCUT2D eigenvalue weighted by Crippen LogP contribution is -2.17. The third-order valence-corrected chi connectivity index (χ3v) is 5.87. The van der Waals surface area contributed by atoms with Crippen molar-refractivity contribution in [1.29, 1.82) is 0 Å². The highest BCUT2D eigenvalue weighted by Gasteiger charge is 2.22. The number of benzene rings is 2. The molecule has 25 heavy (non-hydrogen) atoms. The van der Waals surface area contributed by atoms with Gasteiger partial charge in [0.05, 0.1) is 4.90 Å². The molecule has 4 heteroatoms. The van der Waals surface area contributed by atoms with E-state index in [4.69, 9.17) is 0 Å². The third kappa shape index (κ3) is 4.63. The molecule has 2 aromatic rings. The lowest BCUT2D eigenvalue weighted by Gasteiger charge is -2.21. The molecule has 0 radical (unpaired) electrons. The Kier molecular flexibility index (Phi) is 5.06. The standard InChI is InChI=1S/C21H29NO2S/c1-15-8-9-17(21(5,6)7)14-19(15)25(23,24)22-18-12-10-16(11-13-18)20(2,3)4/h8-14,22H,1-7H3. The summed E-state index contributed by atoms with van der Waals surface area (Å²) in [6.07, 6.45) is 0.